The molecule has 1 aromatic rings. The van der Waals surface area contributed by atoms with E-state index < -0.39 is 0 Å². The summed E-state index contributed by atoms with van der Waals surface area (Å²) in [6.07, 6.45) is 1.00. The van der Waals surface area contributed by atoms with Crippen molar-refractivity contribution >= 4 is 0 Å². The topological polar surface area (TPSA) is 38.5 Å². The lowest BCUT2D eigenvalue weighted by atomic mass is 10.1. The number of aryl methyl sites for hydroxylation is 1. The van der Waals surface area contributed by atoms with E-state index in [9.17, 15) is 0 Å². The smallest absolute Gasteiger partial charge is 0.122 e. The van der Waals surface area contributed by atoms with Crippen LogP contribution in [0.1, 0.15) is 11.1 Å². The molecule has 16 heavy (non-hydrogen) atoms. The fraction of sp³-hybridized carbons (Fsp3) is 0.538. The molecule has 0 aliphatic carbocycles. The molecule has 90 valence electrons. The van der Waals surface area contributed by atoms with E-state index in [1.165, 1.54) is 11.1 Å². The van der Waals surface area contributed by atoms with Gasteiger partial charge in [-0.15, -0.1) is 0 Å². The summed E-state index contributed by atoms with van der Waals surface area (Å²) < 4.78 is 5.35. The van der Waals surface area contributed by atoms with Crippen molar-refractivity contribution in [2.45, 2.75) is 13.3 Å². The van der Waals surface area contributed by atoms with Gasteiger partial charge in [-0.1, -0.05) is 17.7 Å². The van der Waals surface area contributed by atoms with Gasteiger partial charge in [0.1, 0.15) is 5.75 Å². The van der Waals surface area contributed by atoms with Crippen molar-refractivity contribution in [3.05, 3.63) is 29.3 Å². The van der Waals surface area contributed by atoms with E-state index in [2.05, 4.69) is 31.0 Å². The second-order valence-electron chi connectivity index (χ2n) is 4.16. The highest BCUT2D eigenvalue weighted by Crippen LogP contribution is 2.20. The molecule has 3 heteroatoms. The number of ether oxygens (including phenoxy) is 1. The molecule has 0 unspecified atom stereocenters. The van der Waals surface area contributed by atoms with Crippen LogP contribution in [0.5, 0.6) is 5.75 Å². The lowest BCUT2D eigenvalue weighted by Crippen LogP contribution is -2.27. The van der Waals surface area contributed by atoms with Crippen LogP contribution in [0, 0.1) is 6.92 Å². The summed E-state index contributed by atoms with van der Waals surface area (Å²) >= 11 is 0. The first kappa shape index (κ1) is 13.0. The maximum Gasteiger partial charge on any atom is 0.122 e. The number of rotatable bonds is 6. The maximum absolute atomic E-state index is 5.51. The summed E-state index contributed by atoms with van der Waals surface area (Å²) in [6.45, 7) is 4.76. The number of benzene rings is 1. The molecule has 0 spiro atoms. The van der Waals surface area contributed by atoms with Crippen LogP contribution in [0.3, 0.4) is 0 Å². The van der Waals surface area contributed by atoms with Crippen LogP contribution in [-0.4, -0.2) is 38.7 Å². The lowest BCUT2D eigenvalue weighted by Gasteiger charge is -2.16. The molecule has 0 aliphatic rings. The average Bonchev–Trinajstić information content (AvgIpc) is 2.27. The third kappa shape index (κ3) is 3.83. The predicted octanol–water partition coefficient (Wildman–Crippen LogP) is 1.44. The molecule has 0 heterocycles. The summed E-state index contributed by atoms with van der Waals surface area (Å²) in [4.78, 5) is 2.24. The Hall–Kier alpha value is -1.06. The van der Waals surface area contributed by atoms with Gasteiger partial charge in [-0.3, -0.25) is 0 Å². The maximum atomic E-state index is 5.51. The first-order valence-electron chi connectivity index (χ1n) is 5.69. The summed E-state index contributed by atoms with van der Waals surface area (Å²) in [5.41, 5.74) is 8.06. The van der Waals surface area contributed by atoms with Crippen LogP contribution in [0.25, 0.3) is 0 Å². The second kappa shape index (κ2) is 6.51. The second-order valence-corrected chi connectivity index (χ2v) is 4.16. The quantitative estimate of drug-likeness (QED) is 0.791. The molecule has 2 N–H and O–H groups in total. The van der Waals surface area contributed by atoms with Crippen molar-refractivity contribution in [2.24, 2.45) is 5.73 Å². The van der Waals surface area contributed by atoms with E-state index >= 15 is 0 Å². The van der Waals surface area contributed by atoms with Gasteiger partial charge < -0.3 is 15.4 Å². The molecule has 0 saturated heterocycles. The van der Waals surface area contributed by atoms with E-state index in [-0.39, 0.29) is 0 Å². The summed E-state index contributed by atoms with van der Waals surface area (Å²) in [5.74, 6) is 0.978. The molecule has 0 radical (unpaired) electrons. The Kier molecular flexibility index (Phi) is 5.29. The first-order valence-corrected chi connectivity index (χ1v) is 5.69. The standard InChI is InChI=1S/C13H22N2O/c1-11-4-5-13(16-3)12(10-11)6-8-15(2)9-7-14/h4-5,10H,6-9,14H2,1-3H3. The average molecular weight is 222 g/mol. The van der Waals surface area contributed by atoms with Crippen molar-refractivity contribution in [1.29, 1.82) is 0 Å². The van der Waals surface area contributed by atoms with Gasteiger partial charge in [0.25, 0.3) is 0 Å². The molecular formula is C13H22N2O. The zero-order valence-electron chi connectivity index (χ0n) is 10.5. The van der Waals surface area contributed by atoms with Crippen LogP contribution in [-0.2, 0) is 6.42 Å². The minimum atomic E-state index is 0.710. The molecule has 0 aromatic heterocycles. The van der Waals surface area contributed by atoms with Gasteiger partial charge in [0.05, 0.1) is 7.11 Å². The molecule has 0 bridgehead atoms. The van der Waals surface area contributed by atoms with E-state index in [1.54, 1.807) is 7.11 Å². The van der Waals surface area contributed by atoms with Crippen molar-refractivity contribution in [1.82, 2.24) is 4.90 Å². The lowest BCUT2D eigenvalue weighted by molar-refractivity contribution is 0.343. The van der Waals surface area contributed by atoms with Gasteiger partial charge in [-0.2, -0.15) is 0 Å². The number of hydrogen-bond donors (Lipinski definition) is 1. The first-order chi connectivity index (χ1) is 7.67. The highest BCUT2D eigenvalue weighted by atomic mass is 16.5. The molecular weight excluding hydrogens is 200 g/mol. The van der Waals surface area contributed by atoms with Crippen molar-refractivity contribution in [2.75, 3.05) is 33.8 Å². The van der Waals surface area contributed by atoms with Gasteiger partial charge in [-0.05, 0) is 32.0 Å². The molecule has 3 nitrogen and oxygen atoms in total. The monoisotopic (exact) mass is 222 g/mol. The Bertz CT molecular complexity index is 326. The van der Waals surface area contributed by atoms with E-state index in [1.807, 2.05) is 6.07 Å². The molecule has 0 saturated carbocycles. The fourth-order valence-electron chi connectivity index (χ4n) is 1.75. The largest absolute Gasteiger partial charge is 0.496 e. The number of hydrogen-bond acceptors (Lipinski definition) is 3. The van der Waals surface area contributed by atoms with Crippen LogP contribution >= 0.6 is 0 Å². The van der Waals surface area contributed by atoms with Crippen molar-refractivity contribution in [3.8, 4) is 5.75 Å². The Morgan fingerprint density at radius 1 is 1.31 bits per heavy atom. The minimum absolute atomic E-state index is 0.710. The SMILES string of the molecule is COc1ccc(C)cc1CCN(C)CCN. The number of nitrogens with zero attached hydrogens (tertiary/aromatic N) is 1. The molecule has 1 aromatic carbocycles. The van der Waals surface area contributed by atoms with Gasteiger partial charge in [0.2, 0.25) is 0 Å². The number of nitrogens with two attached hydrogens (primary N) is 1. The van der Waals surface area contributed by atoms with E-state index in [4.69, 9.17) is 10.5 Å². The minimum Gasteiger partial charge on any atom is -0.496 e. The van der Waals surface area contributed by atoms with Crippen molar-refractivity contribution < 1.29 is 4.74 Å². The highest BCUT2D eigenvalue weighted by Gasteiger charge is 2.04. The third-order valence-corrected chi connectivity index (χ3v) is 2.71. The molecule has 0 atom stereocenters. The Morgan fingerprint density at radius 3 is 2.69 bits per heavy atom. The summed E-state index contributed by atoms with van der Waals surface area (Å²) in [7, 11) is 3.81. The third-order valence-electron chi connectivity index (χ3n) is 2.71. The van der Waals surface area contributed by atoms with Crippen LogP contribution < -0.4 is 10.5 Å². The normalized spacial score (nSPS) is 10.8. The fourth-order valence-corrected chi connectivity index (χ4v) is 1.75. The van der Waals surface area contributed by atoms with E-state index in [0.717, 1.165) is 25.3 Å². The predicted molar refractivity (Wildman–Crippen MR) is 68.0 cm³/mol. The highest BCUT2D eigenvalue weighted by molar-refractivity contribution is 5.37. The molecule has 0 aliphatic heterocycles. The van der Waals surface area contributed by atoms with Crippen LogP contribution in [0.15, 0.2) is 18.2 Å². The summed E-state index contributed by atoms with van der Waals surface area (Å²) in [5, 5.41) is 0. The molecule has 1 rings (SSSR count). The summed E-state index contributed by atoms with van der Waals surface area (Å²) in [6, 6.07) is 6.30. The van der Waals surface area contributed by atoms with E-state index in [0.29, 0.717) is 6.54 Å². The zero-order valence-corrected chi connectivity index (χ0v) is 10.5. The zero-order chi connectivity index (χ0) is 12.0. The van der Waals surface area contributed by atoms with Gasteiger partial charge in [0, 0.05) is 19.6 Å². The van der Waals surface area contributed by atoms with Crippen LogP contribution in [0.2, 0.25) is 0 Å². The van der Waals surface area contributed by atoms with Gasteiger partial charge in [0.15, 0.2) is 0 Å². The Labute approximate surface area is 98.2 Å². The molecule has 0 fully saturated rings. The van der Waals surface area contributed by atoms with Crippen LogP contribution in [0.4, 0.5) is 0 Å². The number of methoxy groups -OCH3 is 1. The number of likely N-dealkylation sites (N-methyl/N-ethyl adjacent to an activating group) is 1. The Balaban J connectivity index is 2.61. The van der Waals surface area contributed by atoms with Gasteiger partial charge in [-0.25, -0.2) is 0 Å². The Morgan fingerprint density at radius 2 is 2.06 bits per heavy atom. The van der Waals surface area contributed by atoms with Gasteiger partial charge >= 0.3 is 0 Å². The molecule has 0 amide bonds. The van der Waals surface area contributed by atoms with Crippen molar-refractivity contribution in [3.63, 3.8) is 0 Å².